The highest BCUT2D eigenvalue weighted by molar-refractivity contribution is 5.85. The Bertz CT molecular complexity index is 292. The average molecular weight is 303 g/mol. The molecule has 1 aliphatic carbocycles. The maximum Gasteiger partial charge on any atom is 0.223 e. The van der Waals surface area contributed by atoms with E-state index in [9.17, 15) is 4.79 Å². The van der Waals surface area contributed by atoms with Gasteiger partial charge in [0.1, 0.15) is 0 Å². The van der Waals surface area contributed by atoms with Crippen molar-refractivity contribution in [2.45, 2.75) is 77.3 Å². The van der Waals surface area contributed by atoms with Gasteiger partial charge in [-0.2, -0.15) is 0 Å². The van der Waals surface area contributed by atoms with Crippen LogP contribution in [0.5, 0.6) is 0 Å². The Morgan fingerprint density at radius 2 is 1.95 bits per heavy atom. The third-order valence-electron chi connectivity index (χ3n) is 4.83. The predicted octanol–water partition coefficient (Wildman–Crippen LogP) is 3.27. The van der Waals surface area contributed by atoms with Gasteiger partial charge in [-0.1, -0.05) is 39.0 Å². The van der Waals surface area contributed by atoms with E-state index in [4.69, 9.17) is 0 Å². The van der Waals surface area contributed by atoms with E-state index in [1.807, 2.05) is 0 Å². The van der Waals surface area contributed by atoms with E-state index in [2.05, 4.69) is 24.5 Å². The highest BCUT2D eigenvalue weighted by Crippen LogP contribution is 2.29. The largest absolute Gasteiger partial charge is 0.353 e. The molecular weight excluding hydrogens is 272 g/mol. The van der Waals surface area contributed by atoms with Gasteiger partial charge in [-0.25, -0.2) is 0 Å². The molecule has 0 aromatic carbocycles. The van der Waals surface area contributed by atoms with Gasteiger partial charge in [-0.15, -0.1) is 12.4 Å². The topological polar surface area (TPSA) is 41.1 Å². The number of nitrogens with one attached hydrogen (secondary N) is 2. The normalized spacial score (nSPS) is 29.3. The maximum atomic E-state index is 12.3. The molecule has 2 aliphatic rings. The number of piperidine rings is 1. The Balaban J connectivity index is 0.00000200. The number of hydrogen-bond acceptors (Lipinski definition) is 2. The summed E-state index contributed by atoms with van der Waals surface area (Å²) >= 11 is 0. The quantitative estimate of drug-likeness (QED) is 0.837. The van der Waals surface area contributed by atoms with Crippen LogP contribution in [0.2, 0.25) is 0 Å². The molecule has 1 amide bonds. The van der Waals surface area contributed by atoms with Crippen LogP contribution in [0.1, 0.15) is 65.2 Å². The number of hydrogen-bond donors (Lipinski definition) is 2. The summed E-state index contributed by atoms with van der Waals surface area (Å²) in [5.41, 5.74) is 0. The van der Waals surface area contributed by atoms with Gasteiger partial charge in [-0.3, -0.25) is 4.79 Å². The molecule has 1 aliphatic heterocycles. The number of carbonyl (C=O) groups is 1. The molecule has 3 unspecified atom stereocenters. The summed E-state index contributed by atoms with van der Waals surface area (Å²) in [6.45, 7) is 5.33. The summed E-state index contributed by atoms with van der Waals surface area (Å²) in [4.78, 5) is 12.3. The van der Waals surface area contributed by atoms with E-state index in [0.29, 0.717) is 12.1 Å². The van der Waals surface area contributed by atoms with Crippen LogP contribution in [0.15, 0.2) is 0 Å². The summed E-state index contributed by atoms with van der Waals surface area (Å²) in [5.74, 6) is 1.26. The first-order chi connectivity index (χ1) is 9.15. The standard InChI is InChI=1S/C16H30N2O.ClH/c1-12(10-14-6-4-3-5-7-14)16(19)18-15-8-9-17-13(2)11-15;/h12-15,17H,3-11H2,1-2H3,(H,18,19);1H. The Kier molecular flexibility index (Phi) is 7.90. The van der Waals surface area contributed by atoms with Gasteiger partial charge in [0.15, 0.2) is 0 Å². The van der Waals surface area contributed by atoms with Crippen LogP contribution in [0.3, 0.4) is 0 Å². The molecule has 1 saturated heterocycles. The Morgan fingerprint density at radius 3 is 2.60 bits per heavy atom. The highest BCUT2D eigenvalue weighted by Gasteiger charge is 2.24. The molecule has 1 heterocycles. The van der Waals surface area contributed by atoms with E-state index >= 15 is 0 Å². The maximum absolute atomic E-state index is 12.3. The van der Waals surface area contributed by atoms with Crippen molar-refractivity contribution in [2.75, 3.05) is 6.54 Å². The van der Waals surface area contributed by atoms with E-state index in [0.717, 1.165) is 31.7 Å². The van der Waals surface area contributed by atoms with Crippen LogP contribution >= 0.6 is 12.4 Å². The lowest BCUT2D eigenvalue weighted by molar-refractivity contribution is -0.126. The van der Waals surface area contributed by atoms with E-state index in [-0.39, 0.29) is 24.2 Å². The zero-order chi connectivity index (χ0) is 13.7. The molecule has 1 saturated carbocycles. The minimum absolute atomic E-state index is 0. The predicted molar refractivity (Wildman–Crippen MR) is 86.2 cm³/mol. The van der Waals surface area contributed by atoms with Crippen LogP contribution in [-0.4, -0.2) is 24.5 Å². The molecule has 3 atom stereocenters. The van der Waals surface area contributed by atoms with E-state index in [1.54, 1.807) is 0 Å². The second-order valence-corrected chi connectivity index (χ2v) is 6.73. The molecule has 2 N–H and O–H groups in total. The minimum Gasteiger partial charge on any atom is -0.353 e. The van der Waals surface area contributed by atoms with Crippen LogP contribution in [-0.2, 0) is 4.79 Å². The van der Waals surface area contributed by atoms with Crippen LogP contribution < -0.4 is 10.6 Å². The number of halogens is 1. The molecule has 0 aromatic rings. The van der Waals surface area contributed by atoms with Crippen LogP contribution in [0.25, 0.3) is 0 Å². The molecule has 0 spiro atoms. The molecule has 118 valence electrons. The fourth-order valence-electron chi connectivity index (χ4n) is 3.64. The summed E-state index contributed by atoms with van der Waals surface area (Å²) in [6, 6.07) is 0.922. The van der Waals surface area contributed by atoms with E-state index in [1.165, 1.54) is 32.1 Å². The van der Waals surface area contributed by atoms with Gasteiger partial charge >= 0.3 is 0 Å². The lowest BCUT2D eigenvalue weighted by Gasteiger charge is -2.30. The molecule has 3 nitrogen and oxygen atoms in total. The summed E-state index contributed by atoms with van der Waals surface area (Å²) < 4.78 is 0. The van der Waals surface area contributed by atoms with Gasteiger partial charge in [0.2, 0.25) is 5.91 Å². The number of amides is 1. The Labute approximate surface area is 130 Å². The first-order valence-corrected chi connectivity index (χ1v) is 8.19. The fourth-order valence-corrected chi connectivity index (χ4v) is 3.64. The smallest absolute Gasteiger partial charge is 0.223 e. The molecule has 4 heteroatoms. The zero-order valence-electron chi connectivity index (χ0n) is 13.0. The molecule has 2 rings (SSSR count). The van der Waals surface area contributed by atoms with Crippen molar-refractivity contribution < 1.29 is 4.79 Å². The highest BCUT2D eigenvalue weighted by atomic mass is 35.5. The molecule has 0 radical (unpaired) electrons. The number of carbonyl (C=O) groups excluding carboxylic acids is 1. The molecule has 0 aromatic heterocycles. The SMILES string of the molecule is CC1CC(NC(=O)C(C)CC2CCCCC2)CCN1.Cl. The Hall–Kier alpha value is -0.280. The second kappa shape index (κ2) is 8.89. The van der Waals surface area contributed by atoms with Gasteiger partial charge < -0.3 is 10.6 Å². The van der Waals surface area contributed by atoms with Crippen molar-refractivity contribution in [2.24, 2.45) is 11.8 Å². The first kappa shape index (κ1) is 17.8. The summed E-state index contributed by atoms with van der Waals surface area (Å²) in [6.07, 6.45) is 10.0. The fraction of sp³-hybridized carbons (Fsp3) is 0.938. The van der Waals surface area contributed by atoms with Gasteiger partial charge in [-0.05, 0) is 38.6 Å². The van der Waals surface area contributed by atoms with Crippen molar-refractivity contribution in [1.82, 2.24) is 10.6 Å². The van der Waals surface area contributed by atoms with Crippen molar-refractivity contribution >= 4 is 18.3 Å². The van der Waals surface area contributed by atoms with Crippen LogP contribution in [0, 0.1) is 11.8 Å². The zero-order valence-corrected chi connectivity index (χ0v) is 13.8. The Morgan fingerprint density at radius 1 is 1.25 bits per heavy atom. The van der Waals surface area contributed by atoms with Crippen molar-refractivity contribution in [3.05, 3.63) is 0 Å². The summed E-state index contributed by atoms with van der Waals surface area (Å²) in [7, 11) is 0. The molecule has 20 heavy (non-hydrogen) atoms. The van der Waals surface area contributed by atoms with Crippen LogP contribution in [0.4, 0.5) is 0 Å². The summed E-state index contributed by atoms with van der Waals surface area (Å²) in [5, 5.41) is 6.69. The molecule has 0 bridgehead atoms. The third-order valence-corrected chi connectivity index (χ3v) is 4.83. The lowest BCUT2D eigenvalue weighted by Crippen LogP contribution is -2.47. The lowest BCUT2D eigenvalue weighted by atomic mass is 9.83. The molecule has 2 fully saturated rings. The van der Waals surface area contributed by atoms with Gasteiger partial charge in [0, 0.05) is 18.0 Å². The molecular formula is C16H31ClN2O. The minimum atomic E-state index is 0. The van der Waals surface area contributed by atoms with Crippen molar-refractivity contribution in [3.63, 3.8) is 0 Å². The van der Waals surface area contributed by atoms with Gasteiger partial charge in [0.05, 0.1) is 0 Å². The monoisotopic (exact) mass is 302 g/mol. The van der Waals surface area contributed by atoms with E-state index < -0.39 is 0 Å². The second-order valence-electron chi connectivity index (χ2n) is 6.73. The number of rotatable bonds is 4. The van der Waals surface area contributed by atoms with Gasteiger partial charge in [0.25, 0.3) is 0 Å². The van der Waals surface area contributed by atoms with Crippen molar-refractivity contribution in [1.29, 1.82) is 0 Å². The average Bonchev–Trinajstić information content (AvgIpc) is 2.40. The third kappa shape index (κ3) is 5.61. The van der Waals surface area contributed by atoms with Crippen molar-refractivity contribution in [3.8, 4) is 0 Å². The first-order valence-electron chi connectivity index (χ1n) is 8.19.